The Bertz CT molecular complexity index is 525. The zero-order valence-electron chi connectivity index (χ0n) is 10.8. The van der Waals surface area contributed by atoms with Gasteiger partial charge in [-0.1, -0.05) is 12.1 Å². The second-order valence-corrected chi connectivity index (χ2v) is 5.29. The van der Waals surface area contributed by atoms with Crippen molar-refractivity contribution in [2.24, 2.45) is 0 Å². The van der Waals surface area contributed by atoms with E-state index in [1.807, 2.05) is 0 Å². The van der Waals surface area contributed by atoms with Gasteiger partial charge in [0.2, 0.25) is 5.91 Å². The highest BCUT2D eigenvalue weighted by molar-refractivity contribution is 5.81. The molecule has 3 rings (SSSR count). The van der Waals surface area contributed by atoms with Crippen LogP contribution in [0.3, 0.4) is 0 Å². The summed E-state index contributed by atoms with van der Waals surface area (Å²) in [6.07, 6.45) is -1.86. The van der Waals surface area contributed by atoms with Gasteiger partial charge in [-0.15, -0.1) is 0 Å². The number of halogens is 3. The van der Waals surface area contributed by atoms with Gasteiger partial charge in [-0.05, 0) is 37.0 Å². The summed E-state index contributed by atoms with van der Waals surface area (Å²) < 4.78 is 38.3. The lowest BCUT2D eigenvalue weighted by Gasteiger charge is -2.38. The third-order valence-electron chi connectivity index (χ3n) is 4.01. The summed E-state index contributed by atoms with van der Waals surface area (Å²) in [4.78, 5) is 13.6. The van der Waals surface area contributed by atoms with Crippen LogP contribution in [-0.4, -0.2) is 23.4 Å². The standard InChI is InChI=1S/C14H15F3N2O/c15-14(16,17)10-4-1-3-9(7-10)13-18-8-12(20)19(13)11-5-2-6-11/h1,3-4,7,11,13,18H,2,5-6,8H2. The summed E-state index contributed by atoms with van der Waals surface area (Å²) in [6.45, 7) is 0.192. The van der Waals surface area contributed by atoms with E-state index in [0.29, 0.717) is 5.56 Å². The zero-order chi connectivity index (χ0) is 14.3. The van der Waals surface area contributed by atoms with E-state index in [1.54, 1.807) is 11.0 Å². The zero-order valence-corrected chi connectivity index (χ0v) is 10.8. The van der Waals surface area contributed by atoms with Gasteiger partial charge < -0.3 is 4.90 Å². The minimum atomic E-state index is -4.36. The second-order valence-electron chi connectivity index (χ2n) is 5.29. The number of carbonyl (C=O) groups excluding carboxylic acids is 1. The summed E-state index contributed by atoms with van der Waals surface area (Å²) in [6, 6.07) is 5.37. The number of carbonyl (C=O) groups is 1. The molecule has 3 nitrogen and oxygen atoms in total. The maximum Gasteiger partial charge on any atom is 0.416 e. The summed E-state index contributed by atoms with van der Waals surface area (Å²) in [5.74, 6) is -0.0305. The van der Waals surface area contributed by atoms with Crippen LogP contribution < -0.4 is 5.32 Å². The minimum Gasteiger partial charge on any atom is -0.319 e. The van der Waals surface area contributed by atoms with Gasteiger partial charge in [-0.2, -0.15) is 13.2 Å². The Labute approximate surface area is 114 Å². The van der Waals surface area contributed by atoms with Gasteiger partial charge >= 0.3 is 6.18 Å². The van der Waals surface area contributed by atoms with E-state index in [1.165, 1.54) is 6.07 Å². The molecule has 1 aliphatic carbocycles. The van der Waals surface area contributed by atoms with Gasteiger partial charge in [0.25, 0.3) is 0 Å². The Morgan fingerprint density at radius 2 is 2.00 bits per heavy atom. The molecule has 1 N–H and O–H groups in total. The molecule has 20 heavy (non-hydrogen) atoms. The number of hydrogen-bond donors (Lipinski definition) is 1. The molecule has 6 heteroatoms. The lowest BCUT2D eigenvalue weighted by molar-refractivity contribution is -0.137. The van der Waals surface area contributed by atoms with Gasteiger partial charge in [0.15, 0.2) is 0 Å². The SMILES string of the molecule is O=C1CNC(c2cccc(C(F)(F)F)c2)N1C1CCC1. The molecule has 1 saturated heterocycles. The fourth-order valence-electron chi connectivity index (χ4n) is 2.76. The highest BCUT2D eigenvalue weighted by atomic mass is 19.4. The van der Waals surface area contributed by atoms with E-state index >= 15 is 0 Å². The Hall–Kier alpha value is -1.56. The van der Waals surface area contributed by atoms with Crippen LogP contribution in [0.2, 0.25) is 0 Å². The van der Waals surface area contributed by atoms with E-state index in [2.05, 4.69) is 5.32 Å². The van der Waals surface area contributed by atoms with Crippen LogP contribution in [0.1, 0.15) is 36.6 Å². The van der Waals surface area contributed by atoms with Crippen molar-refractivity contribution < 1.29 is 18.0 Å². The largest absolute Gasteiger partial charge is 0.416 e. The first-order valence-corrected chi connectivity index (χ1v) is 6.68. The lowest BCUT2D eigenvalue weighted by atomic mass is 9.90. The van der Waals surface area contributed by atoms with E-state index < -0.39 is 17.9 Å². The number of hydrogen-bond acceptors (Lipinski definition) is 2. The molecular weight excluding hydrogens is 269 g/mol. The van der Waals surface area contributed by atoms with Gasteiger partial charge in [0.1, 0.15) is 6.17 Å². The maximum atomic E-state index is 12.8. The molecule has 1 heterocycles. The van der Waals surface area contributed by atoms with Crippen LogP contribution >= 0.6 is 0 Å². The van der Waals surface area contributed by atoms with Crippen molar-refractivity contribution in [2.45, 2.75) is 37.6 Å². The average Bonchev–Trinajstić information content (AvgIpc) is 2.69. The van der Waals surface area contributed by atoms with E-state index in [4.69, 9.17) is 0 Å². The van der Waals surface area contributed by atoms with E-state index in [0.717, 1.165) is 31.4 Å². The number of alkyl halides is 3. The first kappa shape index (κ1) is 13.4. The molecule has 1 unspecified atom stereocenters. The third kappa shape index (κ3) is 2.28. The molecule has 2 fully saturated rings. The fraction of sp³-hybridized carbons (Fsp3) is 0.500. The van der Waals surface area contributed by atoms with E-state index in [-0.39, 0.29) is 18.5 Å². The molecule has 1 atom stereocenters. The second kappa shape index (κ2) is 4.77. The topological polar surface area (TPSA) is 32.3 Å². The number of nitrogens with one attached hydrogen (secondary N) is 1. The quantitative estimate of drug-likeness (QED) is 0.905. The fourth-order valence-corrected chi connectivity index (χ4v) is 2.76. The molecule has 1 aliphatic heterocycles. The number of rotatable bonds is 2. The smallest absolute Gasteiger partial charge is 0.319 e. The third-order valence-corrected chi connectivity index (χ3v) is 4.01. The van der Waals surface area contributed by atoms with Gasteiger partial charge in [0.05, 0.1) is 12.1 Å². The summed E-state index contributed by atoms with van der Waals surface area (Å²) >= 11 is 0. The molecule has 1 amide bonds. The summed E-state index contributed by atoms with van der Waals surface area (Å²) in [5.41, 5.74) is -0.178. The Balaban J connectivity index is 1.89. The molecule has 0 radical (unpaired) electrons. The van der Waals surface area contributed by atoms with Crippen molar-refractivity contribution in [2.75, 3.05) is 6.54 Å². The summed E-state index contributed by atoms with van der Waals surface area (Å²) in [5, 5.41) is 3.01. The minimum absolute atomic E-state index is 0.0305. The van der Waals surface area contributed by atoms with Crippen molar-refractivity contribution in [3.8, 4) is 0 Å². The highest BCUT2D eigenvalue weighted by Crippen LogP contribution is 2.36. The van der Waals surface area contributed by atoms with Crippen LogP contribution in [-0.2, 0) is 11.0 Å². The van der Waals surface area contributed by atoms with Crippen molar-refractivity contribution >= 4 is 5.91 Å². The summed E-state index contributed by atoms with van der Waals surface area (Å²) in [7, 11) is 0. The van der Waals surface area contributed by atoms with Crippen LogP contribution in [0.5, 0.6) is 0 Å². The van der Waals surface area contributed by atoms with Crippen LogP contribution in [0.15, 0.2) is 24.3 Å². The molecule has 1 aromatic carbocycles. The van der Waals surface area contributed by atoms with Crippen molar-refractivity contribution in [3.63, 3.8) is 0 Å². The molecular formula is C14H15F3N2O. The predicted molar refractivity (Wildman–Crippen MR) is 66.7 cm³/mol. The average molecular weight is 284 g/mol. The Kier molecular flexibility index (Phi) is 3.20. The monoisotopic (exact) mass is 284 g/mol. The predicted octanol–water partition coefficient (Wildman–Crippen LogP) is 2.69. The van der Waals surface area contributed by atoms with Crippen LogP contribution in [0.25, 0.3) is 0 Å². The Morgan fingerprint density at radius 3 is 2.60 bits per heavy atom. The number of benzene rings is 1. The lowest BCUT2D eigenvalue weighted by Crippen LogP contribution is -2.43. The van der Waals surface area contributed by atoms with Crippen LogP contribution in [0.4, 0.5) is 13.2 Å². The number of nitrogens with zero attached hydrogens (tertiary/aromatic N) is 1. The Morgan fingerprint density at radius 1 is 1.25 bits per heavy atom. The molecule has 0 spiro atoms. The van der Waals surface area contributed by atoms with Crippen molar-refractivity contribution in [1.82, 2.24) is 10.2 Å². The van der Waals surface area contributed by atoms with Gasteiger partial charge in [-0.3, -0.25) is 10.1 Å². The normalized spacial score (nSPS) is 24.1. The van der Waals surface area contributed by atoms with Crippen LogP contribution in [0, 0.1) is 0 Å². The van der Waals surface area contributed by atoms with Crippen molar-refractivity contribution in [3.05, 3.63) is 35.4 Å². The molecule has 108 valence electrons. The van der Waals surface area contributed by atoms with Gasteiger partial charge in [0, 0.05) is 6.04 Å². The highest BCUT2D eigenvalue weighted by Gasteiger charge is 2.40. The first-order chi connectivity index (χ1) is 9.47. The first-order valence-electron chi connectivity index (χ1n) is 6.68. The molecule has 0 aromatic heterocycles. The number of amides is 1. The van der Waals surface area contributed by atoms with Gasteiger partial charge in [-0.25, -0.2) is 0 Å². The molecule has 0 bridgehead atoms. The van der Waals surface area contributed by atoms with Crippen molar-refractivity contribution in [1.29, 1.82) is 0 Å². The molecule has 2 aliphatic rings. The molecule has 1 aromatic rings. The van der Waals surface area contributed by atoms with E-state index in [9.17, 15) is 18.0 Å². The maximum absolute atomic E-state index is 12.8. The molecule has 1 saturated carbocycles.